The molecule has 0 spiro atoms. The summed E-state index contributed by atoms with van der Waals surface area (Å²) in [4.78, 5) is 0. The summed E-state index contributed by atoms with van der Waals surface area (Å²) < 4.78 is 13.8. The zero-order valence-corrected chi connectivity index (χ0v) is 10.0. The van der Waals surface area contributed by atoms with Crippen molar-refractivity contribution in [1.82, 2.24) is 0 Å². The molecule has 0 aromatic heterocycles. The Kier molecular flexibility index (Phi) is 3.82. The second-order valence-electron chi connectivity index (χ2n) is 4.57. The minimum Gasteiger partial charge on any atom is -0.324 e. The van der Waals surface area contributed by atoms with Crippen molar-refractivity contribution in [2.75, 3.05) is 0 Å². The van der Waals surface area contributed by atoms with E-state index in [0.717, 1.165) is 12.8 Å². The zero-order valence-electron chi connectivity index (χ0n) is 9.26. The van der Waals surface area contributed by atoms with E-state index in [4.69, 9.17) is 17.3 Å². The van der Waals surface area contributed by atoms with E-state index in [-0.39, 0.29) is 16.9 Å². The van der Waals surface area contributed by atoms with Crippen molar-refractivity contribution in [3.05, 3.63) is 34.6 Å². The van der Waals surface area contributed by atoms with E-state index in [1.165, 1.54) is 19.3 Å². The van der Waals surface area contributed by atoms with Gasteiger partial charge in [-0.1, -0.05) is 43.0 Å². The molecule has 0 aliphatic heterocycles. The summed E-state index contributed by atoms with van der Waals surface area (Å²) in [6.07, 6.45) is 5.91. The lowest BCUT2D eigenvalue weighted by atomic mass is 9.81. The highest BCUT2D eigenvalue weighted by Crippen LogP contribution is 2.34. The summed E-state index contributed by atoms with van der Waals surface area (Å²) in [6, 6.07) is 4.87. The normalized spacial score (nSPS) is 19.7. The van der Waals surface area contributed by atoms with E-state index in [0.29, 0.717) is 11.5 Å². The lowest BCUT2D eigenvalue weighted by Gasteiger charge is -2.28. The molecule has 1 fully saturated rings. The lowest BCUT2D eigenvalue weighted by molar-refractivity contribution is 0.303. The Morgan fingerprint density at radius 2 is 1.94 bits per heavy atom. The van der Waals surface area contributed by atoms with Crippen LogP contribution in [0.15, 0.2) is 18.2 Å². The Morgan fingerprint density at radius 3 is 2.62 bits per heavy atom. The minimum atomic E-state index is -0.345. The molecule has 1 aromatic rings. The van der Waals surface area contributed by atoms with Crippen molar-refractivity contribution < 1.29 is 4.39 Å². The van der Waals surface area contributed by atoms with Crippen molar-refractivity contribution >= 4 is 11.6 Å². The zero-order chi connectivity index (χ0) is 11.5. The molecule has 16 heavy (non-hydrogen) atoms. The molecule has 1 atom stereocenters. The molecule has 2 N–H and O–H groups in total. The van der Waals surface area contributed by atoms with Gasteiger partial charge in [-0.25, -0.2) is 4.39 Å². The van der Waals surface area contributed by atoms with Gasteiger partial charge in [-0.2, -0.15) is 0 Å². The molecule has 0 bridgehead atoms. The highest BCUT2D eigenvalue weighted by molar-refractivity contribution is 6.30. The van der Waals surface area contributed by atoms with E-state index in [1.54, 1.807) is 18.2 Å². The van der Waals surface area contributed by atoms with Crippen LogP contribution in [0.1, 0.15) is 43.7 Å². The predicted molar refractivity (Wildman–Crippen MR) is 64.9 cm³/mol. The van der Waals surface area contributed by atoms with Crippen LogP contribution in [0.2, 0.25) is 5.02 Å². The third kappa shape index (κ3) is 2.38. The summed E-state index contributed by atoms with van der Waals surface area (Å²) in [7, 11) is 0. The molecule has 0 amide bonds. The first-order chi connectivity index (χ1) is 7.70. The predicted octanol–water partition coefficient (Wildman–Crippen LogP) is 4.06. The molecule has 1 aliphatic carbocycles. The average molecular weight is 242 g/mol. The van der Waals surface area contributed by atoms with Crippen molar-refractivity contribution in [2.24, 2.45) is 11.7 Å². The largest absolute Gasteiger partial charge is 0.324 e. The average Bonchev–Trinajstić information content (AvgIpc) is 2.33. The fourth-order valence-electron chi connectivity index (χ4n) is 2.53. The maximum atomic E-state index is 13.8. The number of hydrogen-bond donors (Lipinski definition) is 1. The molecule has 1 aliphatic rings. The van der Waals surface area contributed by atoms with Crippen LogP contribution in [0.25, 0.3) is 0 Å². The Bertz CT molecular complexity index is 361. The van der Waals surface area contributed by atoms with Crippen molar-refractivity contribution in [2.45, 2.75) is 38.1 Å². The SMILES string of the molecule is N[C@H](c1cccc(Cl)c1F)C1CCCCC1. The van der Waals surface area contributed by atoms with Gasteiger partial charge in [-0.05, 0) is 24.8 Å². The molecule has 3 heteroatoms. The Labute approximate surface area is 101 Å². The van der Waals surface area contributed by atoms with Crippen LogP contribution in [0.3, 0.4) is 0 Å². The third-order valence-corrected chi connectivity index (χ3v) is 3.79. The Balaban J connectivity index is 2.19. The number of halogens is 2. The van der Waals surface area contributed by atoms with Gasteiger partial charge >= 0.3 is 0 Å². The lowest BCUT2D eigenvalue weighted by Crippen LogP contribution is -2.24. The number of nitrogens with two attached hydrogens (primary N) is 1. The van der Waals surface area contributed by atoms with Gasteiger partial charge in [0.2, 0.25) is 0 Å². The van der Waals surface area contributed by atoms with E-state index in [1.807, 2.05) is 0 Å². The van der Waals surface area contributed by atoms with Crippen molar-refractivity contribution in [1.29, 1.82) is 0 Å². The topological polar surface area (TPSA) is 26.0 Å². The number of benzene rings is 1. The molecular formula is C13H17ClFN. The van der Waals surface area contributed by atoms with Crippen LogP contribution in [0, 0.1) is 11.7 Å². The quantitative estimate of drug-likeness (QED) is 0.830. The van der Waals surface area contributed by atoms with Crippen LogP contribution >= 0.6 is 11.6 Å². The first kappa shape index (κ1) is 11.9. The summed E-state index contributed by atoms with van der Waals surface area (Å²) in [6.45, 7) is 0. The molecule has 1 saturated carbocycles. The maximum absolute atomic E-state index is 13.8. The molecule has 0 unspecified atom stereocenters. The Hall–Kier alpha value is -0.600. The van der Waals surface area contributed by atoms with Gasteiger partial charge in [0.1, 0.15) is 5.82 Å². The first-order valence-corrected chi connectivity index (χ1v) is 6.27. The third-order valence-electron chi connectivity index (χ3n) is 3.50. The summed E-state index contributed by atoms with van der Waals surface area (Å²) in [5.41, 5.74) is 6.71. The van der Waals surface area contributed by atoms with Gasteiger partial charge in [0, 0.05) is 11.6 Å². The highest BCUT2D eigenvalue weighted by Gasteiger charge is 2.24. The summed E-state index contributed by atoms with van der Waals surface area (Å²) >= 11 is 5.77. The molecule has 1 nitrogen and oxygen atoms in total. The van der Waals surface area contributed by atoms with E-state index >= 15 is 0 Å². The minimum absolute atomic E-state index is 0.170. The second-order valence-corrected chi connectivity index (χ2v) is 4.97. The second kappa shape index (κ2) is 5.15. The van der Waals surface area contributed by atoms with Gasteiger partial charge < -0.3 is 5.73 Å². The Morgan fingerprint density at radius 1 is 1.25 bits per heavy atom. The van der Waals surface area contributed by atoms with Gasteiger partial charge in [0.15, 0.2) is 0 Å². The van der Waals surface area contributed by atoms with Crippen molar-refractivity contribution in [3.8, 4) is 0 Å². The fourth-order valence-corrected chi connectivity index (χ4v) is 2.71. The first-order valence-electron chi connectivity index (χ1n) is 5.89. The monoisotopic (exact) mass is 241 g/mol. The molecule has 0 radical (unpaired) electrons. The number of hydrogen-bond acceptors (Lipinski definition) is 1. The molecule has 2 rings (SSSR count). The van der Waals surface area contributed by atoms with Crippen LogP contribution in [-0.4, -0.2) is 0 Å². The van der Waals surface area contributed by atoms with Gasteiger partial charge in [-0.15, -0.1) is 0 Å². The van der Waals surface area contributed by atoms with Crippen LogP contribution in [-0.2, 0) is 0 Å². The van der Waals surface area contributed by atoms with Gasteiger partial charge in [0.25, 0.3) is 0 Å². The fraction of sp³-hybridized carbons (Fsp3) is 0.538. The van der Waals surface area contributed by atoms with E-state index < -0.39 is 0 Å². The van der Waals surface area contributed by atoms with Crippen LogP contribution < -0.4 is 5.73 Å². The van der Waals surface area contributed by atoms with Crippen LogP contribution in [0.5, 0.6) is 0 Å². The summed E-state index contributed by atoms with van der Waals surface area (Å²) in [5.74, 6) is 0.0592. The maximum Gasteiger partial charge on any atom is 0.146 e. The standard InChI is InChI=1S/C13H17ClFN/c14-11-8-4-7-10(12(11)15)13(16)9-5-2-1-3-6-9/h4,7-9,13H,1-3,5-6,16H2/t13-/m0/s1. The highest BCUT2D eigenvalue weighted by atomic mass is 35.5. The van der Waals surface area contributed by atoms with E-state index in [9.17, 15) is 4.39 Å². The smallest absolute Gasteiger partial charge is 0.146 e. The molecule has 1 aromatic carbocycles. The summed E-state index contributed by atoms with van der Waals surface area (Å²) in [5, 5.41) is 0.170. The molecule has 0 saturated heterocycles. The number of rotatable bonds is 2. The van der Waals surface area contributed by atoms with Crippen LogP contribution in [0.4, 0.5) is 4.39 Å². The molecule has 0 heterocycles. The van der Waals surface area contributed by atoms with E-state index in [2.05, 4.69) is 0 Å². The molecule has 88 valence electrons. The van der Waals surface area contributed by atoms with Crippen molar-refractivity contribution in [3.63, 3.8) is 0 Å². The van der Waals surface area contributed by atoms with Gasteiger partial charge in [-0.3, -0.25) is 0 Å². The molecular weight excluding hydrogens is 225 g/mol. The van der Waals surface area contributed by atoms with Gasteiger partial charge in [0.05, 0.1) is 5.02 Å².